The highest BCUT2D eigenvalue weighted by Gasteiger charge is 2.17. The number of rotatable bonds is 3. The number of allylic oxidation sites excluding steroid dienone is 1. The first-order valence-electron chi connectivity index (χ1n) is 6.31. The van der Waals surface area contributed by atoms with Crippen molar-refractivity contribution in [2.75, 3.05) is 7.11 Å². The van der Waals surface area contributed by atoms with Crippen molar-refractivity contribution in [3.63, 3.8) is 0 Å². The maximum absolute atomic E-state index is 6.37. The molecule has 0 saturated heterocycles. The number of methoxy groups -OCH3 is 1. The van der Waals surface area contributed by atoms with Crippen molar-refractivity contribution >= 4 is 0 Å². The fourth-order valence-electron chi connectivity index (χ4n) is 2.44. The van der Waals surface area contributed by atoms with E-state index in [0.29, 0.717) is 0 Å². The molecular weight excluding hydrogens is 210 g/mol. The van der Waals surface area contributed by atoms with Crippen molar-refractivity contribution in [2.45, 2.75) is 38.6 Å². The lowest BCUT2D eigenvalue weighted by molar-refractivity contribution is 0.407. The Balaban J connectivity index is 2.31. The van der Waals surface area contributed by atoms with Crippen molar-refractivity contribution < 1.29 is 4.74 Å². The Morgan fingerprint density at radius 3 is 2.76 bits per heavy atom. The van der Waals surface area contributed by atoms with Gasteiger partial charge in [-0.1, -0.05) is 29.3 Å². The zero-order chi connectivity index (χ0) is 12.3. The molecule has 92 valence electrons. The van der Waals surface area contributed by atoms with Gasteiger partial charge in [0.15, 0.2) is 0 Å². The number of ether oxygens (including phenoxy) is 1. The Morgan fingerprint density at radius 1 is 1.29 bits per heavy atom. The molecular formula is C15H21NO. The Morgan fingerprint density at radius 2 is 2.12 bits per heavy atom. The molecule has 17 heavy (non-hydrogen) atoms. The summed E-state index contributed by atoms with van der Waals surface area (Å²) in [5.74, 6) is 0.898. The van der Waals surface area contributed by atoms with Gasteiger partial charge in [-0.15, -0.1) is 0 Å². The SMILES string of the molecule is COc1ccc(C)cc1C(N)C1=CCCCC1. The van der Waals surface area contributed by atoms with E-state index in [2.05, 4.69) is 25.1 Å². The molecule has 2 heteroatoms. The van der Waals surface area contributed by atoms with Gasteiger partial charge in [-0.3, -0.25) is 0 Å². The lowest BCUT2D eigenvalue weighted by Gasteiger charge is -2.22. The second kappa shape index (κ2) is 5.37. The summed E-state index contributed by atoms with van der Waals surface area (Å²) in [6.07, 6.45) is 7.14. The molecule has 0 radical (unpaired) electrons. The molecule has 2 N–H and O–H groups in total. The summed E-state index contributed by atoms with van der Waals surface area (Å²) in [4.78, 5) is 0. The maximum Gasteiger partial charge on any atom is 0.123 e. The summed E-state index contributed by atoms with van der Waals surface area (Å²) in [6, 6.07) is 6.20. The van der Waals surface area contributed by atoms with Crippen LogP contribution in [0.5, 0.6) is 5.75 Å². The van der Waals surface area contributed by atoms with Crippen LogP contribution in [0.15, 0.2) is 29.8 Å². The molecule has 1 unspecified atom stereocenters. The monoisotopic (exact) mass is 231 g/mol. The molecule has 1 aromatic rings. The minimum atomic E-state index is -0.00912. The zero-order valence-electron chi connectivity index (χ0n) is 10.7. The highest BCUT2D eigenvalue weighted by Crippen LogP contribution is 2.33. The molecule has 0 heterocycles. The Kier molecular flexibility index (Phi) is 3.85. The van der Waals surface area contributed by atoms with Gasteiger partial charge in [-0.2, -0.15) is 0 Å². The predicted octanol–water partition coefficient (Wildman–Crippen LogP) is 3.50. The largest absolute Gasteiger partial charge is 0.496 e. The minimum absolute atomic E-state index is 0.00912. The lowest BCUT2D eigenvalue weighted by atomic mass is 9.89. The molecule has 0 amide bonds. The molecule has 0 aliphatic heterocycles. The summed E-state index contributed by atoms with van der Waals surface area (Å²) >= 11 is 0. The van der Waals surface area contributed by atoms with Crippen LogP contribution in [0.3, 0.4) is 0 Å². The number of benzene rings is 1. The van der Waals surface area contributed by atoms with Crippen LogP contribution < -0.4 is 10.5 Å². The molecule has 1 atom stereocenters. The van der Waals surface area contributed by atoms with E-state index in [4.69, 9.17) is 10.5 Å². The average molecular weight is 231 g/mol. The van der Waals surface area contributed by atoms with Gasteiger partial charge < -0.3 is 10.5 Å². The minimum Gasteiger partial charge on any atom is -0.496 e. The third kappa shape index (κ3) is 2.70. The number of aryl methyl sites for hydroxylation is 1. The van der Waals surface area contributed by atoms with Crippen LogP contribution in [0, 0.1) is 6.92 Å². The number of nitrogens with two attached hydrogens (primary N) is 1. The van der Waals surface area contributed by atoms with E-state index >= 15 is 0 Å². The molecule has 0 spiro atoms. The summed E-state index contributed by atoms with van der Waals surface area (Å²) in [7, 11) is 1.70. The smallest absolute Gasteiger partial charge is 0.123 e. The van der Waals surface area contributed by atoms with Crippen molar-refractivity contribution in [1.82, 2.24) is 0 Å². The third-order valence-corrected chi connectivity index (χ3v) is 3.45. The quantitative estimate of drug-likeness (QED) is 0.808. The normalized spacial score (nSPS) is 17.5. The van der Waals surface area contributed by atoms with E-state index in [1.165, 1.54) is 24.0 Å². The maximum atomic E-state index is 6.37. The second-order valence-corrected chi connectivity index (χ2v) is 4.75. The first kappa shape index (κ1) is 12.2. The summed E-state index contributed by atoms with van der Waals surface area (Å²) in [5.41, 5.74) is 10.1. The van der Waals surface area contributed by atoms with Gasteiger partial charge in [0.05, 0.1) is 13.2 Å². The van der Waals surface area contributed by atoms with Crippen LogP contribution >= 0.6 is 0 Å². The molecule has 1 aliphatic rings. The van der Waals surface area contributed by atoms with Crippen LogP contribution in [0.1, 0.15) is 42.9 Å². The standard InChI is InChI=1S/C15H21NO/c1-11-8-9-14(17-2)13(10-11)15(16)12-6-4-3-5-7-12/h6,8-10,15H,3-5,7,16H2,1-2H3. The van der Waals surface area contributed by atoms with Gasteiger partial charge >= 0.3 is 0 Å². The lowest BCUT2D eigenvalue weighted by Crippen LogP contribution is -2.16. The molecule has 0 saturated carbocycles. The van der Waals surface area contributed by atoms with Crippen LogP contribution in [0.4, 0.5) is 0 Å². The Hall–Kier alpha value is -1.28. The molecule has 1 aliphatic carbocycles. The van der Waals surface area contributed by atoms with Crippen LogP contribution in [0.2, 0.25) is 0 Å². The second-order valence-electron chi connectivity index (χ2n) is 4.75. The molecule has 1 aromatic carbocycles. The van der Waals surface area contributed by atoms with E-state index in [9.17, 15) is 0 Å². The van der Waals surface area contributed by atoms with Crippen LogP contribution in [-0.4, -0.2) is 7.11 Å². The highest BCUT2D eigenvalue weighted by molar-refractivity contribution is 5.42. The summed E-state index contributed by atoms with van der Waals surface area (Å²) < 4.78 is 5.41. The summed E-state index contributed by atoms with van der Waals surface area (Å²) in [6.45, 7) is 2.09. The Bertz CT molecular complexity index is 423. The van der Waals surface area contributed by atoms with E-state index in [1.807, 2.05) is 6.07 Å². The highest BCUT2D eigenvalue weighted by atomic mass is 16.5. The first-order valence-corrected chi connectivity index (χ1v) is 6.31. The van der Waals surface area contributed by atoms with E-state index in [-0.39, 0.29) is 6.04 Å². The van der Waals surface area contributed by atoms with Crippen LogP contribution in [0.25, 0.3) is 0 Å². The third-order valence-electron chi connectivity index (χ3n) is 3.45. The molecule has 2 rings (SSSR count). The van der Waals surface area contributed by atoms with Crippen molar-refractivity contribution in [3.8, 4) is 5.75 Å². The molecule has 2 nitrogen and oxygen atoms in total. The number of hydrogen-bond donors (Lipinski definition) is 1. The van der Waals surface area contributed by atoms with Gasteiger partial charge in [0.2, 0.25) is 0 Å². The zero-order valence-corrected chi connectivity index (χ0v) is 10.7. The summed E-state index contributed by atoms with van der Waals surface area (Å²) in [5, 5.41) is 0. The van der Waals surface area contributed by atoms with E-state index in [1.54, 1.807) is 7.11 Å². The first-order chi connectivity index (χ1) is 8.22. The van der Waals surface area contributed by atoms with Gasteiger partial charge in [0.1, 0.15) is 5.75 Å². The van der Waals surface area contributed by atoms with Crippen molar-refractivity contribution in [1.29, 1.82) is 0 Å². The average Bonchev–Trinajstić information content (AvgIpc) is 2.39. The van der Waals surface area contributed by atoms with E-state index < -0.39 is 0 Å². The molecule has 0 bridgehead atoms. The van der Waals surface area contributed by atoms with Crippen molar-refractivity contribution in [2.24, 2.45) is 5.73 Å². The van der Waals surface area contributed by atoms with E-state index in [0.717, 1.165) is 24.2 Å². The van der Waals surface area contributed by atoms with Gasteiger partial charge in [0.25, 0.3) is 0 Å². The van der Waals surface area contributed by atoms with Gasteiger partial charge in [0, 0.05) is 5.56 Å². The van der Waals surface area contributed by atoms with Gasteiger partial charge in [-0.05, 0) is 38.7 Å². The van der Waals surface area contributed by atoms with Gasteiger partial charge in [-0.25, -0.2) is 0 Å². The van der Waals surface area contributed by atoms with Crippen molar-refractivity contribution in [3.05, 3.63) is 41.0 Å². The van der Waals surface area contributed by atoms with Crippen LogP contribution in [-0.2, 0) is 0 Å². The molecule has 0 fully saturated rings. The number of hydrogen-bond acceptors (Lipinski definition) is 2. The topological polar surface area (TPSA) is 35.2 Å². The molecule has 0 aromatic heterocycles. The fraction of sp³-hybridized carbons (Fsp3) is 0.467. The fourth-order valence-corrected chi connectivity index (χ4v) is 2.44. The predicted molar refractivity (Wildman–Crippen MR) is 71.2 cm³/mol. The Labute approximate surface area is 103 Å².